The SMILES string of the molecule is CC1=Nc2cc(Cl)cc(Cl)c2CN1C1CC(=O)NC1=O. The Bertz CT molecular complexity index is 657. The van der Waals surface area contributed by atoms with E-state index >= 15 is 0 Å². The third kappa shape index (κ3) is 2.17. The van der Waals surface area contributed by atoms with Crippen LogP contribution in [0.5, 0.6) is 0 Å². The van der Waals surface area contributed by atoms with E-state index in [-0.39, 0.29) is 18.2 Å². The van der Waals surface area contributed by atoms with E-state index in [0.717, 1.165) is 5.56 Å². The van der Waals surface area contributed by atoms with Crippen molar-refractivity contribution in [1.82, 2.24) is 10.2 Å². The molecule has 1 aromatic carbocycles. The van der Waals surface area contributed by atoms with Gasteiger partial charge in [0.15, 0.2) is 0 Å². The standard InChI is InChI=1S/C13H11Cl2N3O2/c1-6-16-10-3-7(14)2-9(15)8(10)5-18(6)11-4-12(19)17-13(11)20/h2-3,11H,4-5H2,1H3,(H,17,19,20). The largest absolute Gasteiger partial charge is 0.343 e. The number of halogens is 2. The number of carbonyl (C=O) groups is 2. The fourth-order valence-electron chi connectivity index (χ4n) is 2.50. The highest BCUT2D eigenvalue weighted by Gasteiger charge is 2.37. The molecule has 7 heteroatoms. The Balaban J connectivity index is 1.99. The molecular weight excluding hydrogens is 301 g/mol. The quantitative estimate of drug-likeness (QED) is 0.809. The summed E-state index contributed by atoms with van der Waals surface area (Å²) in [6, 6.07) is 2.87. The molecule has 1 atom stereocenters. The lowest BCUT2D eigenvalue weighted by atomic mass is 10.1. The Hall–Kier alpha value is -1.59. The average molecular weight is 312 g/mol. The van der Waals surface area contributed by atoms with E-state index in [2.05, 4.69) is 10.3 Å². The predicted molar refractivity (Wildman–Crippen MR) is 76.3 cm³/mol. The number of carbonyl (C=O) groups excluding carboxylic acids is 2. The Morgan fingerprint density at radius 2 is 2.10 bits per heavy atom. The van der Waals surface area contributed by atoms with Crippen molar-refractivity contribution < 1.29 is 9.59 Å². The van der Waals surface area contributed by atoms with E-state index in [1.807, 2.05) is 0 Å². The number of hydrogen-bond acceptors (Lipinski definition) is 4. The van der Waals surface area contributed by atoms with Crippen molar-refractivity contribution in [1.29, 1.82) is 0 Å². The summed E-state index contributed by atoms with van der Waals surface area (Å²) in [6.07, 6.45) is 0.145. The zero-order chi connectivity index (χ0) is 14.4. The van der Waals surface area contributed by atoms with Crippen molar-refractivity contribution in [3.05, 3.63) is 27.7 Å². The smallest absolute Gasteiger partial charge is 0.249 e. The number of hydrogen-bond donors (Lipinski definition) is 1. The van der Waals surface area contributed by atoms with Crippen LogP contribution >= 0.6 is 23.2 Å². The van der Waals surface area contributed by atoms with Crippen molar-refractivity contribution >= 4 is 46.5 Å². The van der Waals surface area contributed by atoms with Crippen LogP contribution in [0.1, 0.15) is 18.9 Å². The van der Waals surface area contributed by atoms with Crippen molar-refractivity contribution in [3.63, 3.8) is 0 Å². The molecule has 20 heavy (non-hydrogen) atoms. The van der Waals surface area contributed by atoms with Gasteiger partial charge in [-0.2, -0.15) is 0 Å². The molecule has 2 heterocycles. The minimum atomic E-state index is -0.522. The zero-order valence-corrected chi connectivity index (χ0v) is 12.1. The van der Waals surface area contributed by atoms with E-state index in [1.54, 1.807) is 24.0 Å². The second kappa shape index (κ2) is 4.75. The number of nitrogens with zero attached hydrogens (tertiary/aromatic N) is 2. The molecule has 1 saturated heterocycles. The van der Waals surface area contributed by atoms with Gasteiger partial charge in [0.1, 0.15) is 11.9 Å². The minimum absolute atomic E-state index is 0.145. The topological polar surface area (TPSA) is 61.8 Å². The van der Waals surface area contributed by atoms with Gasteiger partial charge in [0, 0.05) is 22.2 Å². The highest BCUT2D eigenvalue weighted by molar-refractivity contribution is 6.35. The van der Waals surface area contributed by atoms with Gasteiger partial charge in [-0.3, -0.25) is 14.9 Å². The van der Waals surface area contributed by atoms with E-state index in [0.29, 0.717) is 28.1 Å². The second-order valence-corrected chi connectivity index (χ2v) is 5.65. The maximum absolute atomic E-state index is 11.8. The van der Waals surface area contributed by atoms with Crippen LogP contribution in [-0.2, 0) is 16.1 Å². The molecule has 0 bridgehead atoms. The number of imide groups is 1. The molecule has 104 valence electrons. The van der Waals surface area contributed by atoms with Crippen LogP contribution < -0.4 is 5.32 Å². The number of nitrogens with one attached hydrogen (secondary N) is 1. The second-order valence-electron chi connectivity index (χ2n) is 4.80. The van der Waals surface area contributed by atoms with Gasteiger partial charge in [-0.15, -0.1) is 0 Å². The molecule has 0 aromatic heterocycles. The highest BCUT2D eigenvalue weighted by atomic mass is 35.5. The summed E-state index contributed by atoms with van der Waals surface area (Å²) >= 11 is 12.1. The summed E-state index contributed by atoms with van der Waals surface area (Å²) in [5, 5.41) is 3.34. The van der Waals surface area contributed by atoms with Crippen LogP contribution in [0.25, 0.3) is 0 Å². The number of benzene rings is 1. The van der Waals surface area contributed by atoms with Gasteiger partial charge in [-0.1, -0.05) is 23.2 Å². The normalized spacial score (nSPS) is 21.6. The lowest BCUT2D eigenvalue weighted by Gasteiger charge is -2.32. The number of fused-ring (bicyclic) bond motifs is 1. The van der Waals surface area contributed by atoms with Crippen molar-refractivity contribution in [2.24, 2.45) is 4.99 Å². The van der Waals surface area contributed by atoms with Gasteiger partial charge in [0.2, 0.25) is 11.8 Å². The monoisotopic (exact) mass is 311 g/mol. The Kier molecular flexibility index (Phi) is 3.18. The average Bonchev–Trinajstić information content (AvgIpc) is 2.67. The van der Waals surface area contributed by atoms with Gasteiger partial charge in [-0.05, 0) is 19.1 Å². The summed E-state index contributed by atoms with van der Waals surface area (Å²) in [5.74, 6) is 0.115. The maximum atomic E-state index is 11.8. The van der Waals surface area contributed by atoms with Crippen LogP contribution in [-0.4, -0.2) is 28.6 Å². The third-order valence-corrected chi connectivity index (χ3v) is 4.04. The summed E-state index contributed by atoms with van der Waals surface area (Å²) in [6.45, 7) is 2.24. The van der Waals surface area contributed by atoms with Crippen molar-refractivity contribution in [2.75, 3.05) is 0 Å². The van der Waals surface area contributed by atoms with E-state index in [1.165, 1.54) is 0 Å². The van der Waals surface area contributed by atoms with Crippen molar-refractivity contribution in [3.8, 4) is 0 Å². The van der Waals surface area contributed by atoms with Gasteiger partial charge >= 0.3 is 0 Å². The molecule has 0 spiro atoms. The van der Waals surface area contributed by atoms with E-state index in [9.17, 15) is 9.59 Å². The van der Waals surface area contributed by atoms with Crippen LogP contribution in [0.4, 0.5) is 5.69 Å². The van der Waals surface area contributed by atoms with Gasteiger partial charge in [0.05, 0.1) is 12.1 Å². The molecule has 2 aliphatic heterocycles. The summed E-state index contributed by atoms with van der Waals surface area (Å²) < 4.78 is 0. The summed E-state index contributed by atoms with van der Waals surface area (Å²) in [7, 11) is 0. The van der Waals surface area contributed by atoms with E-state index < -0.39 is 6.04 Å². The molecule has 0 aliphatic carbocycles. The van der Waals surface area contributed by atoms with Gasteiger partial charge in [-0.25, -0.2) is 4.99 Å². The first-order chi connectivity index (χ1) is 9.45. The lowest BCUT2D eigenvalue weighted by molar-refractivity contribution is -0.125. The van der Waals surface area contributed by atoms with Crippen LogP contribution in [0.15, 0.2) is 17.1 Å². The molecule has 3 rings (SSSR count). The zero-order valence-electron chi connectivity index (χ0n) is 10.6. The van der Waals surface area contributed by atoms with Gasteiger partial charge < -0.3 is 4.90 Å². The number of rotatable bonds is 1. The number of aliphatic imine (C=N–C) groups is 1. The molecule has 2 amide bonds. The molecule has 1 fully saturated rings. The molecule has 1 N–H and O–H groups in total. The molecule has 1 unspecified atom stereocenters. The van der Waals surface area contributed by atoms with Crippen molar-refractivity contribution in [2.45, 2.75) is 25.9 Å². The molecule has 1 aromatic rings. The van der Waals surface area contributed by atoms with E-state index in [4.69, 9.17) is 23.2 Å². The summed E-state index contributed by atoms with van der Waals surface area (Å²) in [4.78, 5) is 29.4. The number of amides is 2. The van der Waals surface area contributed by atoms with Crippen LogP contribution in [0.2, 0.25) is 10.0 Å². The fraction of sp³-hybridized carbons (Fsp3) is 0.308. The molecule has 0 saturated carbocycles. The first kappa shape index (κ1) is 13.4. The molecule has 5 nitrogen and oxygen atoms in total. The first-order valence-electron chi connectivity index (χ1n) is 6.09. The number of amidine groups is 1. The molecule has 2 aliphatic rings. The fourth-order valence-corrected chi connectivity index (χ4v) is 3.04. The highest BCUT2D eigenvalue weighted by Crippen LogP contribution is 2.36. The summed E-state index contributed by atoms with van der Waals surface area (Å²) in [5.41, 5.74) is 1.52. The maximum Gasteiger partial charge on any atom is 0.249 e. The third-order valence-electron chi connectivity index (χ3n) is 3.48. The molecular formula is C13H11Cl2N3O2. The predicted octanol–water partition coefficient (Wildman–Crippen LogP) is 2.27. The Morgan fingerprint density at radius 3 is 2.75 bits per heavy atom. The molecule has 0 radical (unpaired) electrons. The van der Waals surface area contributed by atoms with Crippen LogP contribution in [0, 0.1) is 0 Å². The van der Waals surface area contributed by atoms with Crippen LogP contribution in [0.3, 0.4) is 0 Å². The lowest BCUT2D eigenvalue weighted by Crippen LogP contribution is -2.44. The Morgan fingerprint density at radius 1 is 1.35 bits per heavy atom. The van der Waals surface area contributed by atoms with Gasteiger partial charge in [0.25, 0.3) is 0 Å². The first-order valence-corrected chi connectivity index (χ1v) is 6.85. The minimum Gasteiger partial charge on any atom is -0.343 e. The Labute approximate surface area is 125 Å².